The van der Waals surface area contributed by atoms with E-state index in [-0.39, 0.29) is 6.61 Å². The molecule has 3 atom stereocenters. The molecule has 0 spiro atoms. The van der Waals surface area contributed by atoms with Gasteiger partial charge in [0.25, 0.3) is 0 Å². The molecule has 1 saturated heterocycles. The third-order valence-corrected chi connectivity index (χ3v) is 4.31. The van der Waals surface area contributed by atoms with E-state index in [0.29, 0.717) is 12.1 Å². The summed E-state index contributed by atoms with van der Waals surface area (Å²) in [6, 6.07) is 1.14. The van der Waals surface area contributed by atoms with Gasteiger partial charge in [-0.3, -0.25) is 9.80 Å². The Kier molecular flexibility index (Phi) is 6.05. The van der Waals surface area contributed by atoms with E-state index in [2.05, 4.69) is 30.6 Å². The quantitative estimate of drug-likeness (QED) is 0.742. The highest BCUT2D eigenvalue weighted by molar-refractivity contribution is 4.86. The molecule has 1 aliphatic rings. The molecule has 3 N–H and O–H groups in total. The maximum atomic E-state index is 9.24. The smallest absolute Gasteiger partial charge is 0.0609 e. The highest BCUT2D eigenvalue weighted by atomic mass is 16.3. The van der Waals surface area contributed by atoms with Crippen LogP contribution in [-0.4, -0.2) is 65.3 Å². The van der Waals surface area contributed by atoms with E-state index in [1.165, 1.54) is 6.42 Å². The Hall–Kier alpha value is -0.160. The number of aliphatic hydroxyl groups excluding tert-OH is 1. The van der Waals surface area contributed by atoms with Gasteiger partial charge in [0.05, 0.1) is 6.61 Å². The molecule has 1 heterocycles. The van der Waals surface area contributed by atoms with Crippen LogP contribution in [0.2, 0.25) is 0 Å². The zero-order valence-electron chi connectivity index (χ0n) is 12.5. The molecule has 4 heteroatoms. The fourth-order valence-electron chi connectivity index (χ4n) is 2.75. The van der Waals surface area contributed by atoms with Gasteiger partial charge in [0.1, 0.15) is 0 Å². The van der Waals surface area contributed by atoms with E-state index >= 15 is 0 Å². The Labute approximate surface area is 112 Å². The Morgan fingerprint density at radius 3 is 1.94 bits per heavy atom. The van der Waals surface area contributed by atoms with Crippen molar-refractivity contribution in [3.63, 3.8) is 0 Å². The first-order chi connectivity index (χ1) is 8.39. The summed E-state index contributed by atoms with van der Waals surface area (Å²) in [7, 11) is 0. The number of nitrogens with two attached hydrogens (primary N) is 1. The molecule has 18 heavy (non-hydrogen) atoms. The minimum atomic E-state index is -0.451. The van der Waals surface area contributed by atoms with Crippen molar-refractivity contribution < 1.29 is 5.11 Å². The van der Waals surface area contributed by atoms with E-state index in [9.17, 15) is 5.11 Å². The van der Waals surface area contributed by atoms with Crippen LogP contribution in [0.25, 0.3) is 0 Å². The summed E-state index contributed by atoms with van der Waals surface area (Å²) in [5.74, 6) is 0. The standard InChI is InChI=1S/C14H31N3O/c1-5-12(2)16-6-8-17(9-7-16)13(3)10-14(4,15)11-18/h12-13,18H,5-11,15H2,1-4H3. The van der Waals surface area contributed by atoms with Crippen molar-refractivity contribution in [2.75, 3.05) is 32.8 Å². The van der Waals surface area contributed by atoms with Crippen molar-refractivity contribution in [1.29, 1.82) is 0 Å². The lowest BCUT2D eigenvalue weighted by Gasteiger charge is -2.42. The minimum absolute atomic E-state index is 0.0597. The molecule has 0 radical (unpaired) electrons. The van der Waals surface area contributed by atoms with Gasteiger partial charge in [-0.15, -0.1) is 0 Å². The largest absolute Gasteiger partial charge is 0.394 e. The Bertz CT molecular complexity index is 237. The van der Waals surface area contributed by atoms with Crippen LogP contribution in [0.5, 0.6) is 0 Å². The lowest BCUT2D eigenvalue weighted by molar-refractivity contribution is 0.0621. The summed E-state index contributed by atoms with van der Waals surface area (Å²) >= 11 is 0. The number of nitrogens with zero attached hydrogens (tertiary/aromatic N) is 2. The molecule has 0 bridgehead atoms. The van der Waals surface area contributed by atoms with E-state index in [1.807, 2.05) is 6.92 Å². The number of piperazine rings is 1. The van der Waals surface area contributed by atoms with Gasteiger partial charge in [-0.1, -0.05) is 6.92 Å². The molecular weight excluding hydrogens is 226 g/mol. The number of hydrogen-bond acceptors (Lipinski definition) is 4. The van der Waals surface area contributed by atoms with E-state index in [4.69, 9.17) is 5.73 Å². The predicted octanol–water partition coefficient (Wildman–Crippen LogP) is 0.891. The maximum Gasteiger partial charge on any atom is 0.0609 e. The molecule has 4 nitrogen and oxygen atoms in total. The zero-order chi connectivity index (χ0) is 13.8. The molecule has 0 aromatic heterocycles. The van der Waals surface area contributed by atoms with Crippen LogP contribution < -0.4 is 5.73 Å². The second-order valence-electron chi connectivity index (χ2n) is 6.19. The normalized spacial score (nSPS) is 25.7. The molecule has 1 aliphatic heterocycles. The fourth-order valence-corrected chi connectivity index (χ4v) is 2.75. The lowest BCUT2D eigenvalue weighted by atomic mass is 9.95. The highest BCUT2D eigenvalue weighted by Crippen LogP contribution is 2.16. The summed E-state index contributed by atoms with van der Waals surface area (Å²) < 4.78 is 0. The molecule has 0 aliphatic carbocycles. The SMILES string of the molecule is CCC(C)N1CCN(C(C)CC(C)(N)CO)CC1. The van der Waals surface area contributed by atoms with Gasteiger partial charge in [0.2, 0.25) is 0 Å². The van der Waals surface area contributed by atoms with Gasteiger partial charge in [-0.2, -0.15) is 0 Å². The Balaban J connectivity index is 2.38. The van der Waals surface area contributed by atoms with Gasteiger partial charge >= 0.3 is 0 Å². The first kappa shape index (κ1) is 15.9. The first-order valence-corrected chi connectivity index (χ1v) is 7.27. The molecular formula is C14H31N3O. The second-order valence-corrected chi connectivity index (χ2v) is 6.19. The van der Waals surface area contributed by atoms with Crippen molar-refractivity contribution in [3.05, 3.63) is 0 Å². The Morgan fingerprint density at radius 2 is 1.56 bits per heavy atom. The molecule has 1 rings (SSSR count). The van der Waals surface area contributed by atoms with E-state index < -0.39 is 5.54 Å². The van der Waals surface area contributed by atoms with E-state index in [0.717, 1.165) is 32.6 Å². The van der Waals surface area contributed by atoms with Crippen molar-refractivity contribution in [1.82, 2.24) is 9.80 Å². The van der Waals surface area contributed by atoms with Crippen LogP contribution in [0.3, 0.4) is 0 Å². The van der Waals surface area contributed by atoms with Gasteiger partial charge in [-0.05, 0) is 33.6 Å². The van der Waals surface area contributed by atoms with Crippen molar-refractivity contribution in [2.45, 2.75) is 58.2 Å². The number of aliphatic hydroxyl groups is 1. The molecule has 3 unspecified atom stereocenters. The van der Waals surface area contributed by atoms with Crippen LogP contribution in [0.1, 0.15) is 40.5 Å². The maximum absolute atomic E-state index is 9.24. The average Bonchev–Trinajstić information content (AvgIpc) is 2.37. The van der Waals surface area contributed by atoms with Gasteiger partial charge in [0.15, 0.2) is 0 Å². The third-order valence-electron chi connectivity index (χ3n) is 4.31. The molecule has 108 valence electrons. The summed E-state index contributed by atoms with van der Waals surface area (Å²) in [4.78, 5) is 5.07. The Morgan fingerprint density at radius 1 is 1.11 bits per heavy atom. The summed E-state index contributed by atoms with van der Waals surface area (Å²) in [5.41, 5.74) is 5.58. The molecule has 0 aromatic rings. The highest BCUT2D eigenvalue weighted by Gasteiger charge is 2.27. The van der Waals surface area contributed by atoms with Crippen LogP contribution in [0.15, 0.2) is 0 Å². The van der Waals surface area contributed by atoms with Crippen molar-refractivity contribution in [2.24, 2.45) is 5.73 Å². The fraction of sp³-hybridized carbons (Fsp3) is 1.00. The number of rotatable bonds is 6. The predicted molar refractivity (Wildman–Crippen MR) is 76.7 cm³/mol. The van der Waals surface area contributed by atoms with Gasteiger partial charge in [0, 0.05) is 43.8 Å². The minimum Gasteiger partial charge on any atom is -0.394 e. The van der Waals surface area contributed by atoms with Gasteiger partial charge in [-0.25, -0.2) is 0 Å². The number of hydrogen-bond donors (Lipinski definition) is 2. The first-order valence-electron chi connectivity index (χ1n) is 7.27. The van der Waals surface area contributed by atoms with Crippen molar-refractivity contribution >= 4 is 0 Å². The van der Waals surface area contributed by atoms with Crippen LogP contribution in [-0.2, 0) is 0 Å². The van der Waals surface area contributed by atoms with Crippen LogP contribution in [0, 0.1) is 0 Å². The van der Waals surface area contributed by atoms with Gasteiger partial charge < -0.3 is 10.8 Å². The average molecular weight is 257 g/mol. The zero-order valence-corrected chi connectivity index (χ0v) is 12.5. The molecule has 0 aromatic carbocycles. The molecule has 1 fully saturated rings. The summed E-state index contributed by atoms with van der Waals surface area (Å²) in [5, 5.41) is 9.24. The molecule has 0 amide bonds. The van der Waals surface area contributed by atoms with Crippen molar-refractivity contribution in [3.8, 4) is 0 Å². The third kappa shape index (κ3) is 4.50. The van der Waals surface area contributed by atoms with Crippen LogP contribution >= 0.6 is 0 Å². The van der Waals surface area contributed by atoms with E-state index in [1.54, 1.807) is 0 Å². The summed E-state index contributed by atoms with van der Waals surface area (Å²) in [6.07, 6.45) is 2.08. The lowest BCUT2D eigenvalue weighted by Crippen LogP contribution is -2.54. The second kappa shape index (κ2) is 6.85. The monoisotopic (exact) mass is 257 g/mol. The molecule has 0 saturated carbocycles. The summed E-state index contributed by atoms with van der Waals surface area (Å²) in [6.45, 7) is 13.3. The topological polar surface area (TPSA) is 52.7 Å². The van der Waals surface area contributed by atoms with Crippen LogP contribution in [0.4, 0.5) is 0 Å².